The minimum absolute atomic E-state index is 0.0622. The Balaban J connectivity index is 2.20. The lowest BCUT2D eigenvalue weighted by Crippen LogP contribution is -2.46. The van der Waals surface area contributed by atoms with Gasteiger partial charge in [-0.3, -0.25) is 9.59 Å². The maximum absolute atomic E-state index is 12.6. The molecular weight excluding hydrogens is 258 g/mol. The number of benzene rings is 1. The Labute approximate surface area is 118 Å². The summed E-state index contributed by atoms with van der Waals surface area (Å²) in [6.07, 6.45) is 1.37. The monoisotopic (exact) mass is 277 g/mol. The van der Waals surface area contributed by atoms with Gasteiger partial charge in [0.15, 0.2) is 0 Å². The highest BCUT2D eigenvalue weighted by Crippen LogP contribution is 2.18. The van der Waals surface area contributed by atoms with Crippen LogP contribution in [0, 0.1) is 6.92 Å². The number of amides is 1. The Hall–Kier alpha value is -1.88. The van der Waals surface area contributed by atoms with Crippen LogP contribution in [0.3, 0.4) is 0 Å². The largest absolute Gasteiger partial charge is 0.480 e. The molecule has 108 valence electrons. The zero-order valence-corrected chi connectivity index (χ0v) is 11.5. The average molecular weight is 277 g/mol. The van der Waals surface area contributed by atoms with Crippen LogP contribution in [0.4, 0.5) is 0 Å². The van der Waals surface area contributed by atoms with Crippen molar-refractivity contribution >= 4 is 11.9 Å². The van der Waals surface area contributed by atoms with Crippen molar-refractivity contribution in [3.63, 3.8) is 0 Å². The fourth-order valence-electron chi connectivity index (χ4n) is 2.45. The van der Waals surface area contributed by atoms with E-state index in [-0.39, 0.29) is 18.5 Å². The highest BCUT2D eigenvalue weighted by Gasteiger charge is 2.28. The minimum atomic E-state index is -0.988. The Morgan fingerprint density at radius 3 is 2.65 bits per heavy atom. The van der Waals surface area contributed by atoms with Crippen LogP contribution >= 0.6 is 0 Å². The van der Waals surface area contributed by atoms with E-state index in [1.54, 1.807) is 12.1 Å². The molecule has 1 aliphatic heterocycles. The number of carbonyl (C=O) groups is 2. The first-order valence-electron chi connectivity index (χ1n) is 6.75. The van der Waals surface area contributed by atoms with Gasteiger partial charge in [0, 0.05) is 24.8 Å². The van der Waals surface area contributed by atoms with Gasteiger partial charge >= 0.3 is 5.97 Å². The number of nitrogens with zero attached hydrogens (tertiary/aromatic N) is 1. The summed E-state index contributed by atoms with van der Waals surface area (Å²) in [6, 6.07) is 7.17. The summed E-state index contributed by atoms with van der Waals surface area (Å²) >= 11 is 0. The fraction of sp³-hybridized carbons (Fsp3) is 0.467. The lowest BCUT2D eigenvalue weighted by molar-refractivity contribution is -0.138. The summed E-state index contributed by atoms with van der Waals surface area (Å²) < 4.78 is 5.27. The maximum Gasteiger partial charge on any atom is 0.323 e. The van der Waals surface area contributed by atoms with E-state index in [2.05, 4.69) is 0 Å². The first-order chi connectivity index (χ1) is 9.58. The van der Waals surface area contributed by atoms with Gasteiger partial charge in [-0.25, -0.2) is 0 Å². The molecule has 0 aliphatic carbocycles. The molecule has 1 N–H and O–H groups in total. The predicted octanol–water partition coefficient (Wildman–Crippen LogP) is 1.70. The van der Waals surface area contributed by atoms with E-state index in [1.807, 2.05) is 19.1 Å². The highest BCUT2D eigenvalue weighted by atomic mass is 16.5. The molecule has 1 fully saturated rings. The van der Waals surface area contributed by atoms with E-state index in [4.69, 9.17) is 9.84 Å². The number of carboxylic acid groups (broad SMARTS) is 1. The molecule has 0 spiro atoms. The van der Waals surface area contributed by atoms with Crippen LogP contribution < -0.4 is 0 Å². The van der Waals surface area contributed by atoms with Crippen molar-refractivity contribution in [3.05, 3.63) is 35.4 Å². The summed E-state index contributed by atoms with van der Waals surface area (Å²) in [4.78, 5) is 25.0. The second-order valence-corrected chi connectivity index (χ2v) is 5.04. The van der Waals surface area contributed by atoms with Crippen molar-refractivity contribution in [2.75, 3.05) is 19.8 Å². The van der Waals surface area contributed by atoms with Gasteiger partial charge in [-0.05, 0) is 31.9 Å². The van der Waals surface area contributed by atoms with E-state index in [9.17, 15) is 9.59 Å². The fourth-order valence-corrected chi connectivity index (χ4v) is 2.45. The summed E-state index contributed by atoms with van der Waals surface area (Å²) in [5.74, 6) is -1.21. The Morgan fingerprint density at radius 1 is 1.35 bits per heavy atom. The van der Waals surface area contributed by atoms with Crippen LogP contribution in [0.25, 0.3) is 0 Å². The number of carbonyl (C=O) groups excluding carboxylic acids is 1. The van der Waals surface area contributed by atoms with E-state index in [0.29, 0.717) is 31.6 Å². The molecule has 0 saturated carbocycles. The molecule has 1 aromatic carbocycles. The average Bonchev–Trinajstić information content (AvgIpc) is 2.45. The molecule has 0 aromatic heterocycles. The van der Waals surface area contributed by atoms with E-state index >= 15 is 0 Å². The van der Waals surface area contributed by atoms with Crippen LogP contribution in [-0.2, 0) is 9.53 Å². The lowest BCUT2D eigenvalue weighted by Gasteiger charge is -2.33. The summed E-state index contributed by atoms with van der Waals surface area (Å²) in [7, 11) is 0. The Kier molecular flexibility index (Phi) is 4.74. The van der Waals surface area contributed by atoms with Crippen LogP contribution in [0.15, 0.2) is 24.3 Å². The standard InChI is InChI=1S/C15H19NO4/c1-11-3-2-4-12(9-11)15(19)16(10-14(17)18)13-5-7-20-8-6-13/h2-4,9,13H,5-8,10H2,1H3,(H,17,18). The molecule has 20 heavy (non-hydrogen) atoms. The van der Waals surface area contributed by atoms with Crippen molar-refractivity contribution in [1.82, 2.24) is 4.90 Å². The van der Waals surface area contributed by atoms with Gasteiger partial charge in [0.25, 0.3) is 5.91 Å². The second kappa shape index (κ2) is 6.52. The molecule has 5 heteroatoms. The van der Waals surface area contributed by atoms with Gasteiger partial charge in [0.2, 0.25) is 0 Å². The summed E-state index contributed by atoms with van der Waals surface area (Å²) in [6.45, 7) is 2.79. The third kappa shape index (κ3) is 3.57. The Bertz CT molecular complexity index is 494. The summed E-state index contributed by atoms with van der Waals surface area (Å²) in [5, 5.41) is 9.04. The van der Waals surface area contributed by atoms with Crippen molar-refractivity contribution in [3.8, 4) is 0 Å². The molecule has 0 atom stereocenters. The van der Waals surface area contributed by atoms with Gasteiger partial charge in [-0.2, -0.15) is 0 Å². The topological polar surface area (TPSA) is 66.8 Å². The smallest absolute Gasteiger partial charge is 0.323 e. The molecule has 2 rings (SSSR count). The van der Waals surface area contributed by atoms with Gasteiger partial charge in [0.05, 0.1) is 0 Å². The molecule has 1 heterocycles. The number of hydrogen-bond acceptors (Lipinski definition) is 3. The maximum atomic E-state index is 12.6. The molecule has 0 bridgehead atoms. The van der Waals surface area contributed by atoms with Crippen LogP contribution in [0.1, 0.15) is 28.8 Å². The quantitative estimate of drug-likeness (QED) is 0.909. The predicted molar refractivity (Wildman–Crippen MR) is 73.7 cm³/mol. The normalized spacial score (nSPS) is 15.8. The lowest BCUT2D eigenvalue weighted by atomic mass is 10.0. The molecule has 5 nitrogen and oxygen atoms in total. The van der Waals surface area contributed by atoms with E-state index < -0.39 is 5.97 Å². The minimum Gasteiger partial charge on any atom is -0.480 e. The van der Waals surface area contributed by atoms with Crippen molar-refractivity contribution in [1.29, 1.82) is 0 Å². The van der Waals surface area contributed by atoms with Gasteiger partial charge in [-0.1, -0.05) is 17.7 Å². The number of rotatable bonds is 4. The van der Waals surface area contributed by atoms with Gasteiger partial charge < -0.3 is 14.7 Å². The molecule has 1 saturated heterocycles. The van der Waals surface area contributed by atoms with E-state index in [1.165, 1.54) is 4.90 Å². The van der Waals surface area contributed by atoms with Crippen molar-refractivity contribution in [2.45, 2.75) is 25.8 Å². The SMILES string of the molecule is Cc1cccc(C(=O)N(CC(=O)O)C2CCOCC2)c1. The number of aliphatic carboxylic acids is 1. The third-order valence-electron chi connectivity index (χ3n) is 3.46. The highest BCUT2D eigenvalue weighted by molar-refractivity contribution is 5.96. The van der Waals surface area contributed by atoms with Crippen LogP contribution in [-0.4, -0.2) is 47.7 Å². The first-order valence-corrected chi connectivity index (χ1v) is 6.75. The number of hydrogen-bond donors (Lipinski definition) is 1. The molecular formula is C15H19NO4. The third-order valence-corrected chi connectivity index (χ3v) is 3.46. The number of carboxylic acids is 1. The molecule has 1 aromatic rings. The second-order valence-electron chi connectivity index (χ2n) is 5.04. The summed E-state index contributed by atoms with van der Waals surface area (Å²) in [5.41, 5.74) is 1.52. The zero-order chi connectivity index (χ0) is 14.5. The van der Waals surface area contributed by atoms with E-state index in [0.717, 1.165) is 5.56 Å². The number of ether oxygens (including phenoxy) is 1. The Morgan fingerprint density at radius 2 is 2.05 bits per heavy atom. The van der Waals surface area contributed by atoms with Gasteiger partial charge in [0.1, 0.15) is 6.54 Å². The first kappa shape index (κ1) is 14.5. The molecule has 1 amide bonds. The number of aryl methyl sites for hydroxylation is 1. The van der Waals surface area contributed by atoms with Crippen LogP contribution in [0.2, 0.25) is 0 Å². The zero-order valence-electron chi connectivity index (χ0n) is 11.5. The van der Waals surface area contributed by atoms with Crippen molar-refractivity contribution in [2.24, 2.45) is 0 Å². The van der Waals surface area contributed by atoms with Crippen LogP contribution in [0.5, 0.6) is 0 Å². The molecule has 0 radical (unpaired) electrons. The van der Waals surface area contributed by atoms with Gasteiger partial charge in [-0.15, -0.1) is 0 Å². The van der Waals surface area contributed by atoms with Crippen molar-refractivity contribution < 1.29 is 19.4 Å². The molecule has 0 unspecified atom stereocenters. The molecule has 1 aliphatic rings.